The topological polar surface area (TPSA) is 98.7 Å². The first-order valence-electron chi connectivity index (χ1n) is 4.63. The third kappa shape index (κ3) is 5.90. The average molecular weight is 218 g/mol. The Morgan fingerprint density at radius 2 is 1.73 bits per heavy atom. The molecule has 0 radical (unpaired) electrons. The second-order valence-electron chi connectivity index (χ2n) is 4.40. The van der Waals surface area contributed by atoms with Crippen molar-refractivity contribution in [2.75, 3.05) is 0 Å². The molecule has 0 saturated carbocycles. The van der Waals surface area contributed by atoms with E-state index in [4.69, 9.17) is 10.2 Å². The Kier molecular flexibility index (Phi) is 4.54. The van der Waals surface area contributed by atoms with Crippen LogP contribution in [-0.4, -0.2) is 39.9 Å². The van der Waals surface area contributed by atoms with Gasteiger partial charge in [-0.2, -0.15) is 0 Å². The van der Waals surface area contributed by atoms with Crippen LogP contribution < -0.4 is 10.6 Å². The van der Waals surface area contributed by atoms with E-state index in [1.165, 1.54) is 6.92 Å². The predicted octanol–water partition coefficient (Wildman–Crippen LogP) is -0.0819. The van der Waals surface area contributed by atoms with Gasteiger partial charge in [-0.15, -0.1) is 0 Å². The predicted molar refractivity (Wildman–Crippen MR) is 54.5 cm³/mol. The lowest BCUT2D eigenvalue weighted by Crippen LogP contribution is -2.54. The van der Waals surface area contributed by atoms with Gasteiger partial charge in [-0.05, 0) is 27.7 Å². The zero-order valence-electron chi connectivity index (χ0n) is 9.37. The lowest BCUT2D eigenvalue weighted by molar-refractivity contribution is -0.141. The van der Waals surface area contributed by atoms with Crippen molar-refractivity contribution in [3.63, 3.8) is 0 Å². The number of amides is 2. The van der Waals surface area contributed by atoms with Crippen LogP contribution in [0.2, 0.25) is 0 Å². The number of hydrogen-bond acceptors (Lipinski definition) is 3. The molecule has 4 N–H and O–H groups in total. The van der Waals surface area contributed by atoms with Gasteiger partial charge < -0.3 is 20.8 Å². The molecule has 0 fully saturated rings. The maximum absolute atomic E-state index is 11.3. The highest BCUT2D eigenvalue weighted by atomic mass is 16.4. The summed E-state index contributed by atoms with van der Waals surface area (Å²) in [5, 5.41) is 22.5. The highest BCUT2D eigenvalue weighted by Crippen LogP contribution is 1.99. The van der Waals surface area contributed by atoms with E-state index in [9.17, 15) is 9.59 Å². The van der Waals surface area contributed by atoms with E-state index in [1.807, 2.05) is 0 Å². The van der Waals surface area contributed by atoms with Gasteiger partial charge in [0, 0.05) is 5.54 Å². The molecule has 0 aromatic rings. The second-order valence-corrected chi connectivity index (χ2v) is 4.40. The van der Waals surface area contributed by atoms with Crippen LogP contribution in [0.5, 0.6) is 0 Å². The fraction of sp³-hybridized carbons (Fsp3) is 0.778. The smallest absolute Gasteiger partial charge is 0.328 e. The summed E-state index contributed by atoms with van der Waals surface area (Å²) >= 11 is 0. The summed E-state index contributed by atoms with van der Waals surface area (Å²) in [6.07, 6.45) is -1.15. The number of urea groups is 1. The van der Waals surface area contributed by atoms with Crippen molar-refractivity contribution in [2.45, 2.75) is 45.4 Å². The van der Waals surface area contributed by atoms with Gasteiger partial charge in [0.2, 0.25) is 0 Å². The van der Waals surface area contributed by atoms with Crippen molar-refractivity contribution in [1.82, 2.24) is 10.6 Å². The number of carboxylic acids is 1. The van der Waals surface area contributed by atoms with Crippen molar-refractivity contribution in [3.8, 4) is 0 Å². The van der Waals surface area contributed by atoms with Crippen LogP contribution in [0.4, 0.5) is 4.79 Å². The van der Waals surface area contributed by atoms with Crippen LogP contribution >= 0.6 is 0 Å². The highest BCUT2D eigenvalue weighted by molar-refractivity contribution is 5.83. The number of carbonyl (C=O) groups excluding carboxylic acids is 1. The fourth-order valence-electron chi connectivity index (χ4n) is 0.907. The largest absolute Gasteiger partial charge is 0.480 e. The molecule has 0 aromatic carbocycles. The van der Waals surface area contributed by atoms with Crippen molar-refractivity contribution >= 4 is 12.0 Å². The number of carboxylic acid groups (broad SMARTS) is 1. The molecule has 0 aromatic heterocycles. The molecule has 0 rings (SSSR count). The minimum Gasteiger partial charge on any atom is -0.480 e. The van der Waals surface area contributed by atoms with Crippen molar-refractivity contribution < 1.29 is 19.8 Å². The molecule has 0 heterocycles. The summed E-state index contributed by atoms with van der Waals surface area (Å²) in [6.45, 7) is 6.61. The van der Waals surface area contributed by atoms with Crippen LogP contribution in [-0.2, 0) is 4.79 Å². The van der Waals surface area contributed by atoms with E-state index in [0.717, 1.165) is 0 Å². The van der Waals surface area contributed by atoms with Crippen LogP contribution in [0.1, 0.15) is 27.7 Å². The van der Waals surface area contributed by atoms with Crippen molar-refractivity contribution in [1.29, 1.82) is 0 Å². The first kappa shape index (κ1) is 13.7. The van der Waals surface area contributed by atoms with Gasteiger partial charge in [0.25, 0.3) is 0 Å². The van der Waals surface area contributed by atoms with Crippen LogP contribution in [0, 0.1) is 0 Å². The lowest BCUT2D eigenvalue weighted by Gasteiger charge is -2.23. The van der Waals surface area contributed by atoms with Gasteiger partial charge in [0.05, 0.1) is 6.10 Å². The second kappa shape index (κ2) is 4.97. The monoisotopic (exact) mass is 218 g/mol. The molecule has 0 aliphatic heterocycles. The van der Waals surface area contributed by atoms with Crippen LogP contribution in [0.25, 0.3) is 0 Å². The maximum Gasteiger partial charge on any atom is 0.328 e. The number of aliphatic hydroxyl groups excluding tert-OH is 1. The van der Waals surface area contributed by atoms with Crippen LogP contribution in [0.15, 0.2) is 0 Å². The normalized spacial score (nSPS) is 15.3. The third-order valence-corrected chi connectivity index (χ3v) is 1.52. The number of nitrogens with one attached hydrogen (secondary N) is 2. The quantitative estimate of drug-likeness (QED) is 0.532. The van der Waals surface area contributed by atoms with Gasteiger partial charge in [-0.3, -0.25) is 0 Å². The minimum atomic E-state index is -1.30. The van der Waals surface area contributed by atoms with Gasteiger partial charge >= 0.3 is 12.0 Å². The van der Waals surface area contributed by atoms with Crippen molar-refractivity contribution in [2.24, 2.45) is 0 Å². The zero-order valence-corrected chi connectivity index (χ0v) is 9.37. The van der Waals surface area contributed by atoms with Gasteiger partial charge in [-0.1, -0.05) is 0 Å². The molecule has 0 spiro atoms. The van der Waals surface area contributed by atoms with E-state index >= 15 is 0 Å². The summed E-state index contributed by atoms with van der Waals surface area (Å²) in [4.78, 5) is 21.9. The standard InChI is InChI=1S/C9H18N2O4/c1-5(12)6(7(13)14)10-8(15)11-9(2,3)4/h5-6,12H,1-4H3,(H,13,14)(H2,10,11,15)/t5-,6+/m1/s1. The van der Waals surface area contributed by atoms with E-state index in [1.54, 1.807) is 20.8 Å². The average Bonchev–Trinajstić information content (AvgIpc) is 1.95. The number of rotatable bonds is 3. The van der Waals surface area contributed by atoms with Crippen LogP contribution in [0.3, 0.4) is 0 Å². The van der Waals surface area contributed by atoms with Gasteiger partial charge in [-0.25, -0.2) is 9.59 Å². The molecule has 2 amide bonds. The third-order valence-electron chi connectivity index (χ3n) is 1.52. The van der Waals surface area contributed by atoms with E-state index in [2.05, 4.69) is 10.6 Å². The number of carbonyl (C=O) groups is 2. The Labute approximate surface area is 88.7 Å². The number of aliphatic hydroxyl groups is 1. The number of hydrogen-bond donors (Lipinski definition) is 4. The summed E-state index contributed by atoms with van der Waals surface area (Å²) in [7, 11) is 0. The van der Waals surface area contributed by atoms with E-state index in [-0.39, 0.29) is 0 Å². The molecule has 0 saturated heterocycles. The molecule has 6 heteroatoms. The van der Waals surface area contributed by atoms with E-state index < -0.39 is 29.7 Å². The highest BCUT2D eigenvalue weighted by Gasteiger charge is 2.26. The first-order chi connectivity index (χ1) is 6.63. The Hall–Kier alpha value is -1.30. The molecular weight excluding hydrogens is 200 g/mol. The summed E-state index contributed by atoms with van der Waals surface area (Å²) in [5.74, 6) is -1.27. The molecule has 0 bridgehead atoms. The molecule has 6 nitrogen and oxygen atoms in total. The Bertz CT molecular complexity index is 245. The SMILES string of the molecule is C[C@@H](O)[C@H](NC(=O)NC(C)(C)C)C(=O)O. The summed E-state index contributed by atoms with van der Waals surface area (Å²) in [5.41, 5.74) is -0.453. The minimum absolute atomic E-state index is 0.453. The molecule has 0 aliphatic carbocycles. The molecule has 0 unspecified atom stereocenters. The lowest BCUT2D eigenvalue weighted by atomic mass is 10.1. The van der Waals surface area contributed by atoms with E-state index in [0.29, 0.717) is 0 Å². The van der Waals surface area contributed by atoms with Gasteiger partial charge in [0.15, 0.2) is 6.04 Å². The van der Waals surface area contributed by atoms with Gasteiger partial charge in [0.1, 0.15) is 0 Å². The molecule has 0 aliphatic rings. The fourth-order valence-corrected chi connectivity index (χ4v) is 0.907. The molecule has 2 atom stereocenters. The Morgan fingerprint density at radius 3 is 2.00 bits per heavy atom. The first-order valence-corrected chi connectivity index (χ1v) is 4.63. The Balaban J connectivity index is 4.31. The number of aliphatic carboxylic acids is 1. The molecular formula is C9H18N2O4. The summed E-state index contributed by atoms with van der Waals surface area (Å²) < 4.78 is 0. The Morgan fingerprint density at radius 1 is 1.27 bits per heavy atom. The molecule has 15 heavy (non-hydrogen) atoms. The maximum atomic E-state index is 11.3. The summed E-state index contributed by atoms with van der Waals surface area (Å²) in [6, 6.07) is -1.91. The molecule has 88 valence electrons. The zero-order chi connectivity index (χ0) is 12.2. The van der Waals surface area contributed by atoms with Crippen molar-refractivity contribution in [3.05, 3.63) is 0 Å².